The SMILES string of the molecule is CCC(C)(CN)C(=O)Cc1ccc(F)c(F)c1. The Hall–Kier alpha value is -1.29. The number of carbonyl (C=O) groups is 1. The van der Waals surface area contributed by atoms with E-state index in [2.05, 4.69) is 0 Å². The third-order valence-electron chi connectivity index (χ3n) is 3.25. The Labute approximate surface area is 99.8 Å². The van der Waals surface area contributed by atoms with Gasteiger partial charge in [-0.25, -0.2) is 8.78 Å². The molecule has 0 aliphatic heterocycles. The van der Waals surface area contributed by atoms with Crippen molar-refractivity contribution in [2.45, 2.75) is 26.7 Å². The van der Waals surface area contributed by atoms with Gasteiger partial charge in [-0.15, -0.1) is 0 Å². The predicted octanol–water partition coefficient (Wildman–Crippen LogP) is 2.45. The van der Waals surface area contributed by atoms with Crippen LogP contribution in [0, 0.1) is 17.0 Å². The summed E-state index contributed by atoms with van der Waals surface area (Å²) in [5, 5.41) is 0. The lowest BCUT2D eigenvalue weighted by molar-refractivity contribution is -0.126. The number of benzene rings is 1. The first-order valence-electron chi connectivity index (χ1n) is 5.60. The molecule has 0 aliphatic carbocycles. The fourth-order valence-electron chi connectivity index (χ4n) is 1.50. The normalized spacial score (nSPS) is 14.4. The van der Waals surface area contributed by atoms with Crippen LogP contribution < -0.4 is 5.73 Å². The summed E-state index contributed by atoms with van der Waals surface area (Å²) in [6, 6.07) is 3.51. The smallest absolute Gasteiger partial charge is 0.159 e. The molecule has 1 atom stereocenters. The van der Waals surface area contributed by atoms with Crippen molar-refractivity contribution < 1.29 is 13.6 Å². The lowest BCUT2D eigenvalue weighted by Gasteiger charge is -2.24. The van der Waals surface area contributed by atoms with Crippen molar-refractivity contribution in [2.24, 2.45) is 11.1 Å². The van der Waals surface area contributed by atoms with Gasteiger partial charge in [0.05, 0.1) is 0 Å². The molecule has 0 radical (unpaired) electrons. The van der Waals surface area contributed by atoms with Gasteiger partial charge in [0.2, 0.25) is 0 Å². The average molecular weight is 241 g/mol. The quantitative estimate of drug-likeness (QED) is 0.860. The van der Waals surface area contributed by atoms with Crippen LogP contribution in [0.5, 0.6) is 0 Å². The van der Waals surface area contributed by atoms with Crippen LogP contribution in [-0.4, -0.2) is 12.3 Å². The molecule has 1 aromatic carbocycles. The first-order chi connectivity index (χ1) is 7.92. The minimum atomic E-state index is -0.929. The first-order valence-corrected chi connectivity index (χ1v) is 5.60. The summed E-state index contributed by atoms with van der Waals surface area (Å²) < 4.78 is 25.7. The maximum Gasteiger partial charge on any atom is 0.159 e. The van der Waals surface area contributed by atoms with E-state index < -0.39 is 17.0 Å². The van der Waals surface area contributed by atoms with E-state index >= 15 is 0 Å². The predicted molar refractivity (Wildman–Crippen MR) is 62.5 cm³/mol. The number of hydrogen-bond acceptors (Lipinski definition) is 2. The summed E-state index contributed by atoms with van der Waals surface area (Å²) in [4.78, 5) is 12.0. The van der Waals surface area contributed by atoms with Gasteiger partial charge < -0.3 is 5.73 Å². The Bertz CT molecular complexity index is 414. The van der Waals surface area contributed by atoms with Crippen LogP contribution in [0.25, 0.3) is 0 Å². The molecule has 2 nitrogen and oxygen atoms in total. The molecule has 0 heterocycles. The number of hydrogen-bond donors (Lipinski definition) is 1. The van der Waals surface area contributed by atoms with E-state index in [-0.39, 0.29) is 18.7 Å². The molecule has 0 aromatic heterocycles. The molecular weight excluding hydrogens is 224 g/mol. The van der Waals surface area contributed by atoms with Crippen LogP contribution in [-0.2, 0) is 11.2 Å². The van der Waals surface area contributed by atoms with Crippen molar-refractivity contribution in [1.29, 1.82) is 0 Å². The van der Waals surface area contributed by atoms with Gasteiger partial charge in [-0.2, -0.15) is 0 Å². The molecule has 0 amide bonds. The Morgan fingerprint density at radius 3 is 2.47 bits per heavy atom. The summed E-state index contributed by atoms with van der Waals surface area (Å²) in [6.45, 7) is 3.93. The lowest BCUT2D eigenvalue weighted by Crippen LogP contribution is -2.36. The minimum Gasteiger partial charge on any atom is -0.329 e. The monoisotopic (exact) mass is 241 g/mol. The van der Waals surface area contributed by atoms with Crippen LogP contribution in [0.1, 0.15) is 25.8 Å². The third-order valence-corrected chi connectivity index (χ3v) is 3.25. The highest BCUT2D eigenvalue weighted by Gasteiger charge is 2.29. The lowest BCUT2D eigenvalue weighted by atomic mass is 9.80. The van der Waals surface area contributed by atoms with Crippen molar-refractivity contribution >= 4 is 5.78 Å². The highest BCUT2D eigenvalue weighted by molar-refractivity contribution is 5.86. The van der Waals surface area contributed by atoms with Crippen molar-refractivity contribution in [2.75, 3.05) is 6.54 Å². The summed E-state index contributed by atoms with van der Waals surface area (Å²) in [7, 11) is 0. The highest BCUT2D eigenvalue weighted by atomic mass is 19.2. The van der Waals surface area contributed by atoms with Crippen LogP contribution in [0.2, 0.25) is 0 Å². The maximum absolute atomic E-state index is 13.0. The van der Waals surface area contributed by atoms with E-state index in [9.17, 15) is 13.6 Å². The molecule has 1 rings (SSSR count). The largest absolute Gasteiger partial charge is 0.329 e. The van der Waals surface area contributed by atoms with Crippen molar-refractivity contribution in [1.82, 2.24) is 0 Å². The zero-order valence-electron chi connectivity index (χ0n) is 10.1. The van der Waals surface area contributed by atoms with Gasteiger partial charge in [-0.05, 0) is 24.1 Å². The van der Waals surface area contributed by atoms with E-state index in [4.69, 9.17) is 5.73 Å². The molecule has 2 N–H and O–H groups in total. The third kappa shape index (κ3) is 3.09. The fourth-order valence-corrected chi connectivity index (χ4v) is 1.50. The van der Waals surface area contributed by atoms with Crippen LogP contribution in [0.15, 0.2) is 18.2 Å². The number of rotatable bonds is 5. The molecule has 17 heavy (non-hydrogen) atoms. The van der Waals surface area contributed by atoms with Crippen LogP contribution in [0.3, 0.4) is 0 Å². The molecule has 0 saturated carbocycles. The van der Waals surface area contributed by atoms with Crippen molar-refractivity contribution in [3.05, 3.63) is 35.4 Å². The summed E-state index contributed by atoms with van der Waals surface area (Å²) in [6.07, 6.45) is 0.713. The highest BCUT2D eigenvalue weighted by Crippen LogP contribution is 2.23. The topological polar surface area (TPSA) is 43.1 Å². The van der Waals surface area contributed by atoms with Crippen LogP contribution >= 0.6 is 0 Å². The van der Waals surface area contributed by atoms with Gasteiger partial charge >= 0.3 is 0 Å². The molecule has 0 aliphatic rings. The van der Waals surface area contributed by atoms with E-state index in [1.54, 1.807) is 6.92 Å². The summed E-state index contributed by atoms with van der Waals surface area (Å²) in [5.41, 5.74) is 5.45. The number of halogens is 2. The molecule has 1 unspecified atom stereocenters. The van der Waals surface area contributed by atoms with Gasteiger partial charge in [0, 0.05) is 18.4 Å². The van der Waals surface area contributed by atoms with E-state index in [0.29, 0.717) is 12.0 Å². The minimum absolute atomic E-state index is 0.0477. The van der Waals surface area contributed by atoms with Gasteiger partial charge in [0.15, 0.2) is 11.6 Å². The molecule has 0 bridgehead atoms. The average Bonchev–Trinajstić information content (AvgIpc) is 2.32. The number of nitrogens with two attached hydrogens (primary N) is 1. The molecule has 0 saturated heterocycles. The van der Waals surface area contributed by atoms with Crippen molar-refractivity contribution in [3.8, 4) is 0 Å². The second-order valence-corrected chi connectivity index (χ2v) is 4.47. The maximum atomic E-state index is 13.0. The van der Waals surface area contributed by atoms with Crippen molar-refractivity contribution in [3.63, 3.8) is 0 Å². The number of Topliss-reactive ketones (excluding diaryl/α,β-unsaturated/α-hetero) is 1. The summed E-state index contributed by atoms with van der Waals surface area (Å²) in [5.74, 6) is -1.88. The zero-order chi connectivity index (χ0) is 13.1. The van der Waals surface area contributed by atoms with Gasteiger partial charge in [-0.3, -0.25) is 4.79 Å². The Balaban J connectivity index is 2.84. The van der Waals surface area contributed by atoms with E-state index in [1.807, 2.05) is 6.92 Å². The molecule has 1 aromatic rings. The van der Waals surface area contributed by atoms with Crippen LogP contribution in [0.4, 0.5) is 8.78 Å². The van der Waals surface area contributed by atoms with Gasteiger partial charge in [0.25, 0.3) is 0 Å². The molecule has 94 valence electrons. The van der Waals surface area contributed by atoms with E-state index in [1.165, 1.54) is 6.07 Å². The van der Waals surface area contributed by atoms with E-state index in [0.717, 1.165) is 12.1 Å². The van der Waals surface area contributed by atoms with Gasteiger partial charge in [0.1, 0.15) is 5.78 Å². The fraction of sp³-hybridized carbons (Fsp3) is 0.462. The Morgan fingerprint density at radius 1 is 1.35 bits per heavy atom. The second-order valence-electron chi connectivity index (χ2n) is 4.47. The first kappa shape index (κ1) is 13.8. The molecule has 4 heteroatoms. The zero-order valence-corrected chi connectivity index (χ0v) is 10.1. The molecule has 0 spiro atoms. The molecular formula is C13H17F2NO. The Morgan fingerprint density at radius 2 is 2.00 bits per heavy atom. The second kappa shape index (κ2) is 5.36. The molecule has 0 fully saturated rings. The summed E-state index contributed by atoms with van der Waals surface area (Å²) >= 11 is 0. The number of ketones is 1. The van der Waals surface area contributed by atoms with Gasteiger partial charge in [-0.1, -0.05) is 19.9 Å². The Kier molecular flexibility index (Phi) is 4.34. The number of carbonyl (C=O) groups excluding carboxylic acids is 1. The standard InChI is InChI=1S/C13H17F2NO/c1-3-13(2,8-16)12(17)7-9-4-5-10(14)11(15)6-9/h4-6H,3,7-8,16H2,1-2H3.